The molecule has 116 valence electrons. The molecule has 2 aliphatic rings. The third-order valence-corrected chi connectivity index (χ3v) is 6.46. The van der Waals surface area contributed by atoms with Crippen LogP contribution in [0.5, 0.6) is 0 Å². The molecule has 0 amide bonds. The summed E-state index contributed by atoms with van der Waals surface area (Å²) in [5, 5.41) is 3.83. The maximum Gasteiger partial charge on any atom is 0.0713 e. The SMILES string of the molecule is C[C@H](NC1CCOC2(CCSCC2)C1)c1ccccc1Br. The lowest BCUT2D eigenvalue weighted by Gasteiger charge is -2.44. The van der Waals surface area contributed by atoms with Gasteiger partial charge in [-0.3, -0.25) is 0 Å². The Morgan fingerprint density at radius 2 is 2.10 bits per heavy atom. The third kappa shape index (κ3) is 3.84. The summed E-state index contributed by atoms with van der Waals surface area (Å²) >= 11 is 5.73. The molecule has 0 saturated carbocycles. The molecule has 0 aromatic heterocycles. The fourth-order valence-electron chi connectivity index (χ4n) is 3.53. The number of halogens is 1. The fourth-order valence-corrected chi connectivity index (χ4v) is 5.40. The molecule has 4 heteroatoms. The van der Waals surface area contributed by atoms with Gasteiger partial charge in [-0.1, -0.05) is 34.1 Å². The highest BCUT2D eigenvalue weighted by Gasteiger charge is 2.38. The zero-order chi connectivity index (χ0) is 14.7. The van der Waals surface area contributed by atoms with Gasteiger partial charge in [0.25, 0.3) is 0 Å². The van der Waals surface area contributed by atoms with E-state index in [1.807, 2.05) is 0 Å². The van der Waals surface area contributed by atoms with Crippen molar-refractivity contribution >= 4 is 27.7 Å². The van der Waals surface area contributed by atoms with Gasteiger partial charge in [0.2, 0.25) is 0 Å². The summed E-state index contributed by atoms with van der Waals surface area (Å²) in [6.45, 7) is 3.17. The Hall–Kier alpha value is -0.0300. The number of hydrogen-bond acceptors (Lipinski definition) is 3. The number of ether oxygens (including phenoxy) is 1. The highest BCUT2D eigenvalue weighted by atomic mass is 79.9. The number of thioether (sulfide) groups is 1. The summed E-state index contributed by atoms with van der Waals surface area (Å²) in [7, 11) is 0. The van der Waals surface area contributed by atoms with Gasteiger partial charge >= 0.3 is 0 Å². The highest BCUT2D eigenvalue weighted by Crippen LogP contribution is 2.38. The smallest absolute Gasteiger partial charge is 0.0713 e. The van der Waals surface area contributed by atoms with Gasteiger partial charge in [0.05, 0.1) is 5.60 Å². The second-order valence-electron chi connectivity index (χ2n) is 6.24. The van der Waals surface area contributed by atoms with Crippen LogP contribution in [0, 0.1) is 0 Å². The molecule has 2 nitrogen and oxygen atoms in total. The zero-order valence-electron chi connectivity index (χ0n) is 12.6. The molecule has 2 aliphatic heterocycles. The van der Waals surface area contributed by atoms with Gasteiger partial charge in [0.15, 0.2) is 0 Å². The van der Waals surface area contributed by atoms with Crippen molar-refractivity contribution in [2.75, 3.05) is 18.1 Å². The monoisotopic (exact) mass is 369 g/mol. The highest BCUT2D eigenvalue weighted by molar-refractivity contribution is 9.10. The summed E-state index contributed by atoms with van der Waals surface area (Å²) in [4.78, 5) is 0. The predicted molar refractivity (Wildman–Crippen MR) is 94.0 cm³/mol. The van der Waals surface area contributed by atoms with E-state index in [4.69, 9.17) is 4.74 Å². The van der Waals surface area contributed by atoms with Gasteiger partial charge in [0, 0.05) is 23.2 Å². The first-order valence-electron chi connectivity index (χ1n) is 7.91. The Bertz CT molecular complexity index is 470. The van der Waals surface area contributed by atoms with Gasteiger partial charge in [-0.15, -0.1) is 0 Å². The van der Waals surface area contributed by atoms with E-state index in [0.29, 0.717) is 12.1 Å². The second-order valence-corrected chi connectivity index (χ2v) is 8.32. The Balaban J connectivity index is 1.63. The minimum atomic E-state index is 0.162. The molecule has 0 radical (unpaired) electrons. The summed E-state index contributed by atoms with van der Waals surface area (Å²) in [6, 6.07) is 9.46. The largest absolute Gasteiger partial charge is 0.375 e. The Labute approximate surface area is 140 Å². The topological polar surface area (TPSA) is 21.3 Å². The molecule has 3 rings (SSSR count). The van der Waals surface area contributed by atoms with E-state index in [-0.39, 0.29) is 5.60 Å². The molecule has 2 atom stereocenters. The molecule has 0 aliphatic carbocycles. The minimum Gasteiger partial charge on any atom is -0.375 e. The Morgan fingerprint density at radius 1 is 1.33 bits per heavy atom. The van der Waals surface area contributed by atoms with Crippen LogP contribution in [0.15, 0.2) is 28.7 Å². The van der Waals surface area contributed by atoms with Gasteiger partial charge in [-0.05, 0) is 55.7 Å². The Kier molecular flexibility index (Phi) is 5.31. The zero-order valence-corrected chi connectivity index (χ0v) is 15.0. The molecule has 21 heavy (non-hydrogen) atoms. The quantitative estimate of drug-likeness (QED) is 0.844. The summed E-state index contributed by atoms with van der Waals surface area (Å²) in [6.07, 6.45) is 4.74. The predicted octanol–water partition coefficient (Wildman–Crippen LogP) is 4.54. The Morgan fingerprint density at radius 3 is 2.86 bits per heavy atom. The number of hydrogen-bond donors (Lipinski definition) is 1. The summed E-state index contributed by atoms with van der Waals surface area (Å²) in [5.74, 6) is 2.51. The van der Waals surface area contributed by atoms with Crippen molar-refractivity contribution in [2.45, 2.75) is 50.3 Å². The van der Waals surface area contributed by atoms with E-state index in [1.54, 1.807) is 0 Å². The van der Waals surface area contributed by atoms with E-state index in [2.05, 4.69) is 64.2 Å². The molecule has 2 saturated heterocycles. The summed E-state index contributed by atoms with van der Waals surface area (Å²) in [5.41, 5.74) is 1.51. The molecular formula is C17H24BrNOS. The average molecular weight is 370 g/mol. The number of benzene rings is 1. The van der Waals surface area contributed by atoms with Gasteiger partial charge < -0.3 is 10.1 Å². The number of rotatable bonds is 3. The van der Waals surface area contributed by atoms with E-state index >= 15 is 0 Å². The van der Waals surface area contributed by atoms with Gasteiger partial charge in [0.1, 0.15) is 0 Å². The third-order valence-electron chi connectivity index (χ3n) is 4.75. The van der Waals surface area contributed by atoms with Crippen molar-refractivity contribution in [3.8, 4) is 0 Å². The van der Waals surface area contributed by atoms with E-state index in [1.165, 1.54) is 40.8 Å². The van der Waals surface area contributed by atoms with Crippen LogP contribution in [0.3, 0.4) is 0 Å². The molecule has 1 N–H and O–H groups in total. The van der Waals surface area contributed by atoms with Crippen LogP contribution in [-0.4, -0.2) is 29.8 Å². The second kappa shape index (κ2) is 7.03. The van der Waals surface area contributed by atoms with Crippen molar-refractivity contribution in [2.24, 2.45) is 0 Å². The molecule has 0 bridgehead atoms. The first kappa shape index (κ1) is 15.9. The number of nitrogens with one attached hydrogen (secondary N) is 1. The van der Waals surface area contributed by atoms with Crippen LogP contribution in [-0.2, 0) is 4.74 Å². The molecule has 2 fully saturated rings. The van der Waals surface area contributed by atoms with Crippen LogP contribution in [0.4, 0.5) is 0 Å². The molecule has 1 aromatic rings. The standard InChI is InChI=1S/C17H24BrNOS/c1-13(15-4-2-3-5-16(15)18)19-14-6-9-20-17(12-14)7-10-21-11-8-17/h2-5,13-14,19H,6-12H2,1H3/t13-,14?/m0/s1. The lowest BCUT2D eigenvalue weighted by atomic mass is 9.85. The molecular weight excluding hydrogens is 346 g/mol. The van der Waals surface area contributed by atoms with Crippen LogP contribution in [0.1, 0.15) is 44.2 Å². The lowest BCUT2D eigenvalue weighted by Crippen LogP contribution is -2.49. The molecule has 1 spiro atoms. The maximum absolute atomic E-state index is 6.19. The van der Waals surface area contributed by atoms with E-state index in [0.717, 1.165) is 13.0 Å². The van der Waals surface area contributed by atoms with Crippen molar-refractivity contribution < 1.29 is 4.74 Å². The van der Waals surface area contributed by atoms with Gasteiger partial charge in [-0.2, -0.15) is 11.8 Å². The fraction of sp³-hybridized carbons (Fsp3) is 0.647. The summed E-state index contributed by atoms with van der Waals surface area (Å²) < 4.78 is 7.38. The van der Waals surface area contributed by atoms with Crippen molar-refractivity contribution in [1.29, 1.82) is 0 Å². The van der Waals surface area contributed by atoms with Crippen molar-refractivity contribution in [3.05, 3.63) is 34.3 Å². The normalized spacial score (nSPS) is 26.7. The maximum atomic E-state index is 6.19. The van der Waals surface area contributed by atoms with Crippen molar-refractivity contribution in [3.63, 3.8) is 0 Å². The minimum absolute atomic E-state index is 0.162. The van der Waals surface area contributed by atoms with Gasteiger partial charge in [-0.25, -0.2) is 0 Å². The molecule has 1 aromatic carbocycles. The van der Waals surface area contributed by atoms with Crippen LogP contribution in [0.25, 0.3) is 0 Å². The van der Waals surface area contributed by atoms with Crippen LogP contribution in [0.2, 0.25) is 0 Å². The van der Waals surface area contributed by atoms with Crippen LogP contribution >= 0.6 is 27.7 Å². The van der Waals surface area contributed by atoms with Crippen molar-refractivity contribution in [1.82, 2.24) is 5.32 Å². The lowest BCUT2D eigenvalue weighted by molar-refractivity contribution is -0.0941. The van der Waals surface area contributed by atoms with E-state index in [9.17, 15) is 0 Å². The van der Waals surface area contributed by atoms with Crippen LogP contribution < -0.4 is 5.32 Å². The molecule has 2 heterocycles. The van der Waals surface area contributed by atoms with E-state index < -0.39 is 0 Å². The first-order chi connectivity index (χ1) is 10.2. The molecule has 1 unspecified atom stereocenters. The average Bonchev–Trinajstić information content (AvgIpc) is 2.48. The first-order valence-corrected chi connectivity index (χ1v) is 9.85.